The molecule has 0 N–H and O–H groups in total. The largest absolute Gasteiger partial charge is 0.416 e. The molecule has 0 aromatic heterocycles. The van der Waals surface area contributed by atoms with Gasteiger partial charge in [-0.15, -0.1) is 0 Å². The number of alkyl halides is 12. The highest BCUT2D eigenvalue weighted by molar-refractivity contribution is 6.22. The van der Waals surface area contributed by atoms with Crippen LogP contribution in [0.15, 0.2) is 72.8 Å². The van der Waals surface area contributed by atoms with Crippen LogP contribution in [0.5, 0.6) is 0 Å². The number of halogens is 12. The summed E-state index contributed by atoms with van der Waals surface area (Å²) in [5, 5.41) is 0. The van der Waals surface area contributed by atoms with Crippen molar-refractivity contribution >= 4 is 5.78 Å². The van der Waals surface area contributed by atoms with Crippen molar-refractivity contribution in [3.8, 4) is 33.4 Å². The Balaban J connectivity index is 1.59. The van der Waals surface area contributed by atoms with Crippen LogP contribution in [-0.4, -0.2) is 5.78 Å². The van der Waals surface area contributed by atoms with Crippen molar-refractivity contribution in [2.75, 3.05) is 0 Å². The summed E-state index contributed by atoms with van der Waals surface area (Å²) in [7, 11) is 0. The van der Waals surface area contributed by atoms with Gasteiger partial charge in [0.1, 0.15) is 0 Å². The van der Waals surface area contributed by atoms with Gasteiger partial charge in [0, 0.05) is 11.1 Å². The third kappa shape index (κ3) is 5.35. The number of fused-ring (bicyclic) bond motifs is 3. The number of carbonyl (C=O) groups excluding carboxylic acids is 1. The highest BCUT2D eigenvalue weighted by Gasteiger charge is 2.39. The van der Waals surface area contributed by atoms with E-state index in [2.05, 4.69) is 0 Å². The molecule has 0 spiro atoms. The van der Waals surface area contributed by atoms with Crippen LogP contribution in [0.3, 0.4) is 0 Å². The molecule has 1 aliphatic rings. The minimum absolute atomic E-state index is 0.0443. The summed E-state index contributed by atoms with van der Waals surface area (Å²) in [6.45, 7) is 0. The Bertz CT molecular complexity index is 1550. The van der Waals surface area contributed by atoms with Crippen LogP contribution in [0.1, 0.15) is 38.2 Å². The summed E-state index contributed by atoms with van der Waals surface area (Å²) < 4.78 is 160. The molecule has 0 saturated heterocycles. The van der Waals surface area contributed by atoms with E-state index in [4.69, 9.17) is 0 Å². The van der Waals surface area contributed by atoms with Crippen molar-refractivity contribution in [3.63, 3.8) is 0 Å². The van der Waals surface area contributed by atoms with Crippen molar-refractivity contribution in [3.05, 3.63) is 106 Å². The molecule has 0 bridgehead atoms. The average Bonchev–Trinajstić information content (AvgIpc) is 3.17. The second kappa shape index (κ2) is 9.36. The highest BCUT2D eigenvalue weighted by Crippen LogP contribution is 2.44. The molecule has 4 aromatic carbocycles. The molecule has 0 saturated carbocycles. The van der Waals surface area contributed by atoms with Gasteiger partial charge in [0.15, 0.2) is 5.78 Å². The Hall–Kier alpha value is -4.29. The smallest absolute Gasteiger partial charge is 0.289 e. The van der Waals surface area contributed by atoms with Gasteiger partial charge in [0.25, 0.3) is 0 Å². The third-order valence-electron chi connectivity index (χ3n) is 6.66. The lowest BCUT2D eigenvalue weighted by Crippen LogP contribution is -2.11. The van der Waals surface area contributed by atoms with Crippen LogP contribution in [0.25, 0.3) is 33.4 Å². The maximum Gasteiger partial charge on any atom is 0.416 e. The summed E-state index contributed by atoms with van der Waals surface area (Å²) in [5.74, 6) is -0.769. The van der Waals surface area contributed by atoms with E-state index in [1.165, 1.54) is 24.3 Å². The fourth-order valence-electron chi connectivity index (χ4n) is 4.68. The molecule has 218 valence electrons. The molecule has 0 aliphatic heterocycles. The second-order valence-electron chi connectivity index (χ2n) is 9.44. The molecular formula is C29H12F12O. The molecule has 5 rings (SSSR count). The van der Waals surface area contributed by atoms with E-state index in [-0.39, 0.29) is 45.5 Å². The molecule has 0 atom stereocenters. The standard InChI is InChI=1S/C29H12F12O/c30-26(31,32)17-5-15(6-18(11-17)27(33,34)35)13-1-3-21-22-4-2-14(10-24(22)25(42)23(21)9-13)16-7-19(28(36,37)38)12-20(8-16)29(39,40)41/h1-12H. The first-order valence-electron chi connectivity index (χ1n) is 11.7. The number of benzene rings is 4. The Labute approximate surface area is 228 Å². The number of carbonyl (C=O) groups is 1. The quantitative estimate of drug-likeness (QED) is 0.183. The number of hydrogen-bond acceptors (Lipinski definition) is 1. The average molecular weight is 604 g/mol. The zero-order chi connectivity index (χ0) is 31.0. The number of hydrogen-bond donors (Lipinski definition) is 0. The van der Waals surface area contributed by atoms with Gasteiger partial charge in [-0.1, -0.05) is 24.3 Å². The Morgan fingerprint density at radius 2 is 0.619 bits per heavy atom. The molecule has 0 heterocycles. The first-order chi connectivity index (χ1) is 19.2. The lowest BCUT2D eigenvalue weighted by Gasteiger charge is -2.15. The van der Waals surface area contributed by atoms with Crippen molar-refractivity contribution < 1.29 is 57.5 Å². The van der Waals surface area contributed by atoms with Crippen LogP contribution in [0, 0.1) is 0 Å². The van der Waals surface area contributed by atoms with Crippen LogP contribution < -0.4 is 0 Å². The number of rotatable bonds is 2. The summed E-state index contributed by atoms with van der Waals surface area (Å²) in [6, 6.07) is 9.02. The van der Waals surface area contributed by atoms with E-state index in [1.807, 2.05) is 0 Å². The molecule has 13 heteroatoms. The van der Waals surface area contributed by atoms with Gasteiger partial charge in [-0.2, -0.15) is 52.7 Å². The van der Waals surface area contributed by atoms with E-state index in [9.17, 15) is 57.5 Å². The molecule has 0 unspecified atom stereocenters. The van der Waals surface area contributed by atoms with E-state index in [1.54, 1.807) is 0 Å². The normalized spacial score (nSPS) is 13.8. The Morgan fingerprint density at radius 3 is 0.881 bits per heavy atom. The van der Waals surface area contributed by atoms with Crippen molar-refractivity contribution in [2.24, 2.45) is 0 Å². The summed E-state index contributed by atoms with van der Waals surface area (Å²) in [4.78, 5) is 13.2. The van der Waals surface area contributed by atoms with Gasteiger partial charge in [-0.3, -0.25) is 4.79 Å². The van der Waals surface area contributed by atoms with Gasteiger partial charge in [-0.25, -0.2) is 0 Å². The highest BCUT2D eigenvalue weighted by atomic mass is 19.4. The Kier molecular flexibility index (Phi) is 6.51. The lowest BCUT2D eigenvalue weighted by atomic mass is 9.95. The zero-order valence-corrected chi connectivity index (χ0v) is 20.4. The van der Waals surface area contributed by atoms with Crippen LogP contribution in [0.4, 0.5) is 52.7 Å². The first-order valence-corrected chi connectivity index (χ1v) is 11.7. The SMILES string of the molecule is O=C1c2cc(-c3cc(C(F)(F)F)cc(C(F)(F)F)c3)ccc2-c2ccc(-c3cc(C(F)(F)F)cc(C(F)(F)F)c3)cc21. The molecule has 0 fully saturated rings. The third-order valence-corrected chi connectivity index (χ3v) is 6.66. The zero-order valence-electron chi connectivity index (χ0n) is 20.4. The lowest BCUT2D eigenvalue weighted by molar-refractivity contribution is -0.144. The molecule has 0 amide bonds. The van der Waals surface area contributed by atoms with Gasteiger partial charge in [-0.05, 0) is 81.9 Å². The molecular weight excluding hydrogens is 592 g/mol. The Morgan fingerprint density at radius 1 is 0.333 bits per heavy atom. The fraction of sp³-hybridized carbons (Fsp3) is 0.138. The van der Waals surface area contributed by atoms with Crippen molar-refractivity contribution in [2.45, 2.75) is 24.7 Å². The predicted octanol–water partition coefficient (Wildman–Crippen LogP) is 10.3. The monoisotopic (exact) mass is 604 g/mol. The second-order valence-corrected chi connectivity index (χ2v) is 9.44. The van der Waals surface area contributed by atoms with Gasteiger partial charge in [0.2, 0.25) is 0 Å². The van der Waals surface area contributed by atoms with E-state index >= 15 is 0 Å². The van der Waals surface area contributed by atoms with E-state index in [0.717, 1.165) is 12.1 Å². The van der Waals surface area contributed by atoms with E-state index in [0.29, 0.717) is 24.3 Å². The minimum atomic E-state index is -5.11. The first kappa shape index (κ1) is 29.2. The molecule has 1 aliphatic carbocycles. The minimum Gasteiger partial charge on any atom is -0.289 e. The molecule has 0 radical (unpaired) electrons. The van der Waals surface area contributed by atoms with Gasteiger partial charge in [0.05, 0.1) is 22.3 Å². The summed E-state index contributed by atoms with van der Waals surface area (Å²) in [5.41, 5.74) is -7.30. The van der Waals surface area contributed by atoms with Crippen LogP contribution in [-0.2, 0) is 24.7 Å². The molecule has 1 nitrogen and oxygen atoms in total. The summed E-state index contributed by atoms with van der Waals surface area (Å²) >= 11 is 0. The van der Waals surface area contributed by atoms with Gasteiger partial charge >= 0.3 is 24.7 Å². The van der Waals surface area contributed by atoms with Crippen molar-refractivity contribution in [1.82, 2.24) is 0 Å². The van der Waals surface area contributed by atoms with E-state index < -0.39 is 63.9 Å². The fourth-order valence-corrected chi connectivity index (χ4v) is 4.68. The van der Waals surface area contributed by atoms with Gasteiger partial charge < -0.3 is 0 Å². The van der Waals surface area contributed by atoms with Crippen LogP contribution >= 0.6 is 0 Å². The molecule has 4 aromatic rings. The predicted molar refractivity (Wildman–Crippen MR) is 126 cm³/mol. The number of ketones is 1. The maximum absolute atomic E-state index is 13.3. The van der Waals surface area contributed by atoms with Crippen molar-refractivity contribution in [1.29, 1.82) is 0 Å². The van der Waals surface area contributed by atoms with Crippen LogP contribution in [0.2, 0.25) is 0 Å². The molecule has 42 heavy (non-hydrogen) atoms. The maximum atomic E-state index is 13.3. The summed E-state index contributed by atoms with van der Waals surface area (Å²) in [6.07, 6.45) is -20.4. The topological polar surface area (TPSA) is 17.1 Å².